The number of rotatable bonds is 2. The van der Waals surface area contributed by atoms with Crippen molar-refractivity contribution in [3.63, 3.8) is 0 Å². The molecule has 1 aromatic carbocycles. The molecule has 3 nitrogen and oxygen atoms in total. The highest BCUT2D eigenvalue weighted by Gasteiger charge is 2.32. The molecule has 0 fully saturated rings. The molecule has 0 saturated heterocycles. The lowest BCUT2D eigenvalue weighted by atomic mass is 9.98. The Morgan fingerprint density at radius 3 is 2.72 bits per heavy atom. The van der Waals surface area contributed by atoms with Gasteiger partial charge in [0.25, 0.3) is 0 Å². The topological polar surface area (TPSA) is 52.3 Å². The molecule has 96 valence electrons. The van der Waals surface area contributed by atoms with Crippen molar-refractivity contribution in [3.8, 4) is 5.75 Å². The number of carbonyl (C=O) groups is 1. The molecule has 0 saturated carbocycles. The maximum absolute atomic E-state index is 12.5. The predicted octanol–water partition coefficient (Wildman–Crippen LogP) is 2.36. The Morgan fingerprint density at radius 1 is 1.39 bits per heavy atom. The third-order valence-electron chi connectivity index (χ3n) is 2.59. The van der Waals surface area contributed by atoms with Crippen molar-refractivity contribution in [3.05, 3.63) is 35.4 Å². The number of ether oxygens (including phenoxy) is 1. The van der Waals surface area contributed by atoms with E-state index in [4.69, 9.17) is 10.5 Å². The Bertz CT molecular complexity index is 521. The number of benzene rings is 1. The monoisotopic (exact) mass is 257 g/mol. The molecule has 1 aliphatic rings. The van der Waals surface area contributed by atoms with Crippen molar-refractivity contribution in [2.75, 3.05) is 6.61 Å². The first-order chi connectivity index (χ1) is 8.38. The fourth-order valence-electron chi connectivity index (χ4n) is 1.78. The number of fused-ring (bicyclic) bond motifs is 1. The molecule has 1 amide bonds. The van der Waals surface area contributed by atoms with Crippen LogP contribution in [-0.4, -0.2) is 12.5 Å². The molecule has 1 aliphatic heterocycles. The Labute approximate surface area is 101 Å². The third kappa shape index (κ3) is 2.47. The lowest BCUT2D eigenvalue weighted by Gasteiger charge is -2.19. The molecule has 0 unspecified atom stereocenters. The van der Waals surface area contributed by atoms with Gasteiger partial charge in [0, 0.05) is 5.56 Å². The van der Waals surface area contributed by atoms with E-state index in [-0.39, 0.29) is 18.8 Å². The molecule has 1 aromatic rings. The maximum Gasteiger partial charge on any atom is 0.416 e. The van der Waals surface area contributed by atoms with Crippen LogP contribution in [0.2, 0.25) is 0 Å². The summed E-state index contributed by atoms with van der Waals surface area (Å²) in [6, 6.07) is 3.19. The third-order valence-corrected chi connectivity index (χ3v) is 2.59. The number of primary amides is 1. The van der Waals surface area contributed by atoms with Gasteiger partial charge in [-0.2, -0.15) is 13.2 Å². The zero-order chi connectivity index (χ0) is 13.3. The first-order valence-electron chi connectivity index (χ1n) is 5.19. The summed E-state index contributed by atoms with van der Waals surface area (Å²) in [5.74, 6) is -0.405. The van der Waals surface area contributed by atoms with Crippen LogP contribution in [0.15, 0.2) is 24.3 Å². The minimum absolute atomic E-state index is 0.0122. The van der Waals surface area contributed by atoms with Crippen molar-refractivity contribution in [1.82, 2.24) is 0 Å². The van der Waals surface area contributed by atoms with Crippen LogP contribution in [0, 0.1) is 0 Å². The van der Waals surface area contributed by atoms with E-state index < -0.39 is 17.6 Å². The molecule has 18 heavy (non-hydrogen) atoms. The van der Waals surface area contributed by atoms with Crippen LogP contribution in [0.25, 0.3) is 5.57 Å². The van der Waals surface area contributed by atoms with Gasteiger partial charge in [-0.25, -0.2) is 0 Å². The van der Waals surface area contributed by atoms with Gasteiger partial charge >= 0.3 is 6.18 Å². The number of carbonyl (C=O) groups excluding carboxylic acids is 1. The van der Waals surface area contributed by atoms with Crippen LogP contribution in [0.4, 0.5) is 13.2 Å². The standard InChI is InChI=1S/C12H10F3NO2/c13-12(14,15)8-1-2-9-7(5-11(16)17)3-4-18-10(9)6-8/h1-3,6H,4-5H2,(H2,16,17). The normalized spacial score (nSPS) is 14.5. The van der Waals surface area contributed by atoms with E-state index in [0.717, 1.165) is 12.1 Å². The lowest BCUT2D eigenvalue weighted by molar-refractivity contribution is -0.137. The average Bonchev–Trinajstić information content (AvgIpc) is 2.27. The number of hydrogen-bond acceptors (Lipinski definition) is 2. The number of alkyl halides is 3. The van der Waals surface area contributed by atoms with Crippen LogP contribution >= 0.6 is 0 Å². The summed E-state index contributed by atoms with van der Waals surface area (Å²) in [7, 11) is 0. The predicted molar refractivity (Wildman–Crippen MR) is 58.7 cm³/mol. The first kappa shape index (κ1) is 12.5. The van der Waals surface area contributed by atoms with E-state index in [1.54, 1.807) is 6.08 Å². The van der Waals surface area contributed by atoms with Crippen molar-refractivity contribution < 1.29 is 22.7 Å². The minimum atomic E-state index is -4.41. The Kier molecular flexibility index (Phi) is 3.02. The summed E-state index contributed by atoms with van der Waals surface area (Å²) in [6.07, 6.45) is -2.79. The van der Waals surface area contributed by atoms with E-state index in [1.807, 2.05) is 0 Å². The van der Waals surface area contributed by atoms with Crippen LogP contribution < -0.4 is 10.5 Å². The number of hydrogen-bond donors (Lipinski definition) is 1. The molecule has 2 N–H and O–H groups in total. The van der Waals surface area contributed by atoms with Crippen LogP contribution in [0.5, 0.6) is 5.75 Å². The maximum atomic E-state index is 12.5. The molecule has 0 radical (unpaired) electrons. The molecule has 0 spiro atoms. The summed E-state index contributed by atoms with van der Waals surface area (Å²) < 4.78 is 42.7. The summed E-state index contributed by atoms with van der Waals surface area (Å²) in [6.45, 7) is 0.136. The molecular weight excluding hydrogens is 247 g/mol. The second-order valence-corrected chi connectivity index (χ2v) is 3.89. The van der Waals surface area contributed by atoms with E-state index in [9.17, 15) is 18.0 Å². The Morgan fingerprint density at radius 2 is 2.11 bits per heavy atom. The summed E-state index contributed by atoms with van der Waals surface area (Å²) in [5, 5.41) is 0. The Hall–Kier alpha value is -1.98. The zero-order valence-electron chi connectivity index (χ0n) is 9.25. The highest BCUT2D eigenvalue weighted by atomic mass is 19.4. The van der Waals surface area contributed by atoms with Gasteiger partial charge < -0.3 is 10.5 Å². The molecule has 2 rings (SSSR count). The molecule has 1 heterocycles. The van der Waals surface area contributed by atoms with Gasteiger partial charge in [-0.1, -0.05) is 6.07 Å². The van der Waals surface area contributed by atoms with Gasteiger partial charge in [0.1, 0.15) is 12.4 Å². The molecule has 0 aliphatic carbocycles. The van der Waals surface area contributed by atoms with Gasteiger partial charge in [-0.15, -0.1) is 0 Å². The highest BCUT2D eigenvalue weighted by molar-refractivity contribution is 5.89. The lowest BCUT2D eigenvalue weighted by Crippen LogP contribution is -2.14. The van der Waals surface area contributed by atoms with Gasteiger partial charge in [-0.3, -0.25) is 4.79 Å². The van der Waals surface area contributed by atoms with Crippen molar-refractivity contribution in [1.29, 1.82) is 0 Å². The second-order valence-electron chi connectivity index (χ2n) is 3.89. The van der Waals surface area contributed by atoms with Crippen LogP contribution in [0.1, 0.15) is 17.5 Å². The van der Waals surface area contributed by atoms with Crippen molar-refractivity contribution in [2.24, 2.45) is 5.73 Å². The fraction of sp³-hybridized carbons (Fsp3) is 0.250. The first-order valence-corrected chi connectivity index (χ1v) is 5.19. The molecule has 0 aromatic heterocycles. The van der Waals surface area contributed by atoms with Gasteiger partial charge in [-0.05, 0) is 23.8 Å². The van der Waals surface area contributed by atoms with Crippen LogP contribution in [0.3, 0.4) is 0 Å². The van der Waals surface area contributed by atoms with Gasteiger partial charge in [0.15, 0.2) is 0 Å². The Balaban J connectivity index is 2.39. The molecule has 0 atom stereocenters. The highest BCUT2D eigenvalue weighted by Crippen LogP contribution is 2.37. The summed E-state index contributed by atoms with van der Waals surface area (Å²) in [4.78, 5) is 10.9. The van der Waals surface area contributed by atoms with Crippen molar-refractivity contribution in [2.45, 2.75) is 12.6 Å². The number of amides is 1. The summed E-state index contributed by atoms with van der Waals surface area (Å²) in [5.41, 5.74) is 5.38. The largest absolute Gasteiger partial charge is 0.489 e. The molecule has 6 heteroatoms. The zero-order valence-corrected chi connectivity index (χ0v) is 9.25. The SMILES string of the molecule is NC(=O)CC1=CCOc2cc(C(F)(F)F)ccc21. The second kappa shape index (κ2) is 4.36. The number of nitrogens with two attached hydrogens (primary N) is 1. The van der Waals surface area contributed by atoms with E-state index >= 15 is 0 Å². The quantitative estimate of drug-likeness (QED) is 0.884. The average molecular weight is 257 g/mol. The minimum Gasteiger partial charge on any atom is -0.489 e. The molecular formula is C12H10F3NO2. The smallest absolute Gasteiger partial charge is 0.416 e. The van der Waals surface area contributed by atoms with Gasteiger partial charge in [0.2, 0.25) is 5.91 Å². The van der Waals surface area contributed by atoms with Gasteiger partial charge in [0.05, 0.1) is 12.0 Å². The fourth-order valence-corrected chi connectivity index (χ4v) is 1.78. The van der Waals surface area contributed by atoms with E-state index in [2.05, 4.69) is 0 Å². The summed E-state index contributed by atoms with van der Waals surface area (Å²) >= 11 is 0. The van der Waals surface area contributed by atoms with Crippen LogP contribution in [-0.2, 0) is 11.0 Å². The van der Waals surface area contributed by atoms with E-state index in [0.29, 0.717) is 11.1 Å². The van der Waals surface area contributed by atoms with Crippen molar-refractivity contribution >= 4 is 11.5 Å². The number of halogens is 3. The van der Waals surface area contributed by atoms with E-state index in [1.165, 1.54) is 6.07 Å². The molecule has 0 bridgehead atoms.